The molecule has 0 radical (unpaired) electrons. The number of hydrogen-bond donors (Lipinski definition) is 1. The van der Waals surface area contributed by atoms with Crippen LogP contribution in [-0.4, -0.2) is 21.3 Å². The summed E-state index contributed by atoms with van der Waals surface area (Å²) >= 11 is 0. The Kier molecular flexibility index (Phi) is 1.88. The molecule has 4 rings (SSSR count). The van der Waals surface area contributed by atoms with Crippen LogP contribution in [0.2, 0.25) is 0 Å². The van der Waals surface area contributed by atoms with Crippen LogP contribution < -0.4 is 5.32 Å². The van der Waals surface area contributed by atoms with Crippen LogP contribution in [0, 0.1) is 0 Å². The number of anilines is 1. The Balaban J connectivity index is 1.82. The maximum Gasteiger partial charge on any atom is 0.0738 e. The van der Waals surface area contributed by atoms with E-state index < -0.39 is 0 Å². The predicted molar refractivity (Wildman–Crippen MR) is 70.5 cm³/mol. The van der Waals surface area contributed by atoms with Gasteiger partial charge in [0.2, 0.25) is 0 Å². The molecule has 0 atom stereocenters. The number of aryl methyl sites for hydroxylation is 1. The van der Waals surface area contributed by atoms with Gasteiger partial charge in [-0.25, -0.2) is 4.98 Å². The second-order valence-corrected chi connectivity index (χ2v) is 5.48. The summed E-state index contributed by atoms with van der Waals surface area (Å²) in [6.45, 7) is 1.06. The summed E-state index contributed by atoms with van der Waals surface area (Å²) in [5.41, 5.74) is 4.96. The highest BCUT2D eigenvalue weighted by Gasteiger charge is 2.45. The Labute approximate surface area is 106 Å². The molecule has 3 heterocycles. The molecule has 0 unspecified atom stereocenters. The van der Waals surface area contributed by atoms with E-state index in [1.54, 1.807) is 0 Å². The molecule has 4 heteroatoms. The smallest absolute Gasteiger partial charge is 0.0738 e. The highest BCUT2D eigenvalue weighted by molar-refractivity contribution is 5.65. The van der Waals surface area contributed by atoms with Crippen LogP contribution in [-0.2, 0) is 12.5 Å². The molecule has 1 spiro atoms. The van der Waals surface area contributed by atoms with E-state index in [0.29, 0.717) is 5.41 Å². The van der Waals surface area contributed by atoms with E-state index >= 15 is 0 Å². The summed E-state index contributed by atoms with van der Waals surface area (Å²) in [5, 5.41) is 7.71. The minimum absolute atomic E-state index is 0.327. The lowest BCUT2D eigenvalue weighted by molar-refractivity contribution is 0.265. The summed E-state index contributed by atoms with van der Waals surface area (Å²) in [6, 6.07) is 4.25. The lowest BCUT2D eigenvalue weighted by Gasteiger charge is -2.37. The molecule has 1 fully saturated rings. The van der Waals surface area contributed by atoms with Crippen molar-refractivity contribution < 1.29 is 0 Å². The molecule has 0 bridgehead atoms. The summed E-state index contributed by atoms with van der Waals surface area (Å²) in [4.78, 5) is 4.90. The molecule has 0 aromatic carbocycles. The van der Waals surface area contributed by atoms with E-state index in [-0.39, 0.29) is 0 Å². The van der Waals surface area contributed by atoms with Crippen LogP contribution in [0.1, 0.15) is 25.0 Å². The van der Waals surface area contributed by atoms with Gasteiger partial charge in [-0.05, 0) is 25.0 Å². The van der Waals surface area contributed by atoms with Crippen molar-refractivity contribution in [1.29, 1.82) is 0 Å². The van der Waals surface area contributed by atoms with Crippen molar-refractivity contribution in [2.24, 2.45) is 7.05 Å². The fraction of sp³-hybridized carbons (Fsp3) is 0.429. The molecule has 4 nitrogen and oxygen atoms in total. The second kappa shape index (κ2) is 3.34. The summed E-state index contributed by atoms with van der Waals surface area (Å²) < 4.78 is 1.82. The van der Waals surface area contributed by atoms with Gasteiger partial charge in [0.25, 0.3) is 0 Å². The fourth-order valence-corrected chi connectivity index (χ4v) is 3.09. The Morgan fingerprint density at radius 2 is 2.22 bits per heavy atom. The quantitative estimate of drug-likeness (QED) is 0.832. The molecular formula is C14H16N4. The highest BCUT2D eigenvalue weighted by Crippen LogP contribution is 2.49. The topological polar surface area (TPSA) is 42.7 Å². The molecule has 2 aromatic rings. The van der Waals surface area contributed by atoms with Crippen molar-refractivity contribution in [3.05, 3.63) is 30.2 Å². The van der Waals surface area contributed by atoms with Gasteiger partial charge in [0.1, 0.15) is 0 Å². The maximum atomic E-state index is 4.90. The Hall–Kier alpha value is -1.84. The normalized spacial score (nSPS) is 19.4. The molecule has 2 aromatic heterocycles. The molecule has 2 aliphatic rings. The van der Waals surface area contributed by atoms with Gasteiger partial charge < -0.3 is 5.32 Å². The average molecular weight is 240 g/mol. The summed E-state index contributed by atoms with van der Waals surface area (Å²) in [6.07, 6.45) is 7.78. The second-order valence-electron chi connectivity index (χ2n) is 5.48. The van der Waals surface area contributed by atoms with Crippen LogP contribution in [0.3, 0.4) is 0 Å². The van der Waals surface area contributed by atoms with E-state index in [1.165, 1.54) is 30.6 Å². The Morgan fingerprint density at radius 1 is 1.33 bits per heavy atom. The van der Waals surface area contributed by atoms with Gasteiger partial charge in [0.05, 0.1) is 23.3 Å². The lowest BCUT2D eigenvalue weighted by atomic mass is 9.67. The van der Waals surface area contributed by atoms with Crippen LogP contribution in [0.4, 0.5) is 5.69 Å². The first-order valence-corrected chi connectivity index (χ1v) is 6.51. The van der Waals surface area contributed by atoms with E-state index in [0.717, 1.165) is 17.8 Å². The molecule has 1 aliphatic carbocycles. The first-order chi connectivity index (χ1) is 8.77. The van der Waals surface area contributed by atoms with Gasteiger partial charge in [0.15, 0.2) is 0 Å². The Morgan fingerprint density at radius 3 is 2.89 bits per heavy atom. The molecule has 1 N–H and O–H groups in total. The molecule has 1 saturated carbocycles. The monoisotopic (exact) mass is 240 g/mol. The van der Waals surface area contributed by atoms with Gasteiger partial charge >= 0.3 is 0 Å². The third-order valence-electron chi connectivity index (χ3n) is 4.33. The standard InChI is InChI=1S/C14H16N4/c1-18-8-10(7-16-18)11-3-4-12-13(17-11)14(9-15-12)5-2-6-14/h3-4,7-8,15H,2,5-6,9H2,1H3. The van der Waals surface area contributed by atoms with Crippen LogP contribution in [0.5, 0.6) is 0 Å². The molecule has 0 saturated heterocycles. The number of nitrogens with zero attached hydrogens (tertiary/aromatic N) is 3. The average Bonchev–Trinajstić information content (AvgIpc) is 2.91. The van der Waals surface area contributed by atoms with Crippen LogP contribution in [0.25, 0.3) is 11.3 Å². The van der Waals surface area contributed by atoms with Gasteiger partial charge in [-0.3, -0.25) is 4.68 Å². The molecular weight excluding hydrogens is 224 g/mol. The predicted octanol–water partition coefficient (Wildman–Crippen LogP) is 2.33. The van der Waals surface area contributed by atoms with E-state index in [1.807, 2.05) is 24.1 Å². The third-order valence-corrected chi connectivity index (χ3v) is 4.33. The van der Waals surface area contributed by atoms with Gasteiger partial charge in [-0.2, -0.15) is 5.10 Å². The van der Waals surface area contributed by atoms with E-state index in [2.05, 4.69) is 22.5 Å². The SMILES string of the molecule is Cn1cc(-c2ccc3c(n2)C2(CCC2)CN3)cn1. The number of rotatable bonds is 1. The van der Waals surface area contributed by atoms with E-state index in [4.69, 9.17) is 4.98 Å². The zero-order valence-corrected chi connectivity index (χ0v) is 10.5. The molecule has 1 aliphatic heterocycles. The van der Waals surface area contributed by atoms with E-state index in [9.17, 15) is 0 Å². The van der Waals surface area contributed by atoms with Crippen molar-refractivity contribution in [2.75, 3.05) is 11.9 Å². The van der Waals surface area contributed by atoms with Gasteiger partial charge in [-0.1, -0.05) is 6.42 Å². The maximum absolute atomic E-state index is 4.90. The zero-order chi connectivity index (χ0) is 12.2. The van der Waals surface area contributed by atoms with Crippen molar-refractivity contribution in [1.82, 2.24) is 14.8 Å². The third kappa shape index (κ3) is 1.26. The minimum atomic E-state index is 0.327. The highest BCUT2D eigenvalue weighted by atomic mass is 15.2. The van der Waals surface area contributed by atoms with Crippen molar-refractivity contribution >= 4 is 5.69 Å². The largest absolute Gasteiger partial charge is 0.383 e. The minimum Gasteiger partial charge on any atom is -0.383 e. The number of fused-ring (bicyclic) bond motifs is 2. The number of hydrogen-bond acceptors (Lipinski definition) is 3. The fourth-order valence-electron chi connectivity index (χ4n) is 3.09. The van der Waals surface area contributed by atoms with Crippen molar-refractivity contribution in [3.63, 3.8) is 0 Å². The van der Waals surface area contributed by atoms with Crippen LogP contribution in [0.15, 0.2) is 24.5 Å². The van der Waals surface area contributed by atoms with Gasteiger partial charge in [0, 0.05) is 30.8 Å². The number of nitrogens with one attached hydrogen (secondary N) is 1. The molecule has 0 amide bonds. The summed E-state index contributed by atoms with van der Waals surface area (Å²) in [7, 11) is 1.94. The van der Waals surface area contributed by atoms with Crippen molar-refractivity contribution in [3.8, 4) is 11.3 Å². The van der Waals surface area contributed by atoms with Gasteiger partial charge in [-0.15, -0.1) is 0 Å². The summed E-state index contributed by atoms with van der Waals surface area (Å²) in [5.74, 6) is 0. The van der Waals surface area contributed by atoms with Crippen molar-refractivity contribution in [2.45, 2.75) is 24.7 Å². The Bertz CT molecular complexity index is 610. The number of pyridine rings is 1. The first kappa shape index (κ1) is 10.1. The first-order valence-electron chi connectivity index (χ1n) is 6.51. The zero-order valence-electron chi connectivity index (χ0n) is 10.5. The molecule has 92 valence electrons. The van der Waals surface area contributed by atoms with Crippen LogP contribution >= 0.6 is 0 Å². The molecule has 18 heavy (non-hydrogen) atoms. The number of aromatic nitrogens is 3. The lowest BCUT2D eigenvalue weighted by Crippen LogP contribution is -2.36.